The zero-order chi connectivity index (χ0) is 19.3. The van der Waals surface area contributed by atoms with Crippen molar-refractivity contribution in [2.75, 3.05) is 6.26 Å². The van der Waals surface area contributed by atoms with E-state index >= 15 is 0 Å². The second-order valence-electron chi connectivity index (χ2n) is 5.93. The van der Waals surface area contributed by atoms with E-state index in [0.29, 0.717) is 5.71 Å². The molecular formula is C21H18N2O3S. The van der Waals surface area contributed by atoms with E-state index in [1.54, 1.807) is 6.07 Å². The molecule has 0 fully saturated rings. The van der Waals surface area contributed by atoms with Crippen molar-refractivity contribution in [2.45, 2.75) is 4.90 Å². The molecule has 1 N–H and O–H groups in total. The average Bonchev–Trinajstić information content (AvgIpc) is 2.69. The van der Waals surface area contributed by atoms with Crippen molar-refractivity contribution in [3.8, 4) is 0 Å². The number of amides is 1. The zero-order valence-corrected chi connectivity index (χ0v) is 15.5. The van der Waals surface area contributed by atoms with Gasteiger partial charge in [-0.05, 0) is 18.2 Å². The molecule has 6 heteroatoms. The van der Waals surface area contributed by atoms with Gasteiger partial charge in [0.2, 0.25) is 0 Å². The molecular weight excluding hydrogens is 360 g/mol. The first-order valence-electron chi connectivity index (χ1n) is 8.24. The van der Waals surface area contributed by atoms with Gasteiger partial charge in [0, 0.05) is 22.9 Å². The van der Waals surface area contributed by atoms with Crippen LogP contribution in [0.15, 0.2) is 94.9 Å². The highest BCUT2D eigenvalue weighted by molar-refractivity contribution is 7.90. The summed E-state index contributed by atoms with van der Waals surface area (Å²) in [6.45, 7) is 0. The molecule has 3 aromatic rings. The van der Waals surface area contributed by atoms with Gasteiger partial charge in [-0.15, -0.1) is 0 Å². The van der Waals surface area contributed by atoms with Crippen LogP contribution in [0.1, 0.15) is 21.5 Å². The van der Waals surface area contributed by atoms with E-state index in [9.17, 15) is 13.2 Å². The first-order chi connectivity index (χ1) is 12.9. The van der Waals surface area contributed by atoms with Crippen LogP contribution in [0.4, 0.5) is 0 Å². The molecule has 0 bridgehead atoms. The first kappa shape index (κ1) is 18.5. The summed E-state index contributed by atoms with van der Waals surface area (Å²) in [6.07, 6.45) is 1.10. The molecule has 0 unspecified atom stereocenters. The van der Waals surface area contributed by atoms with Crippen LogP contribution in [-0.4, -0.2) is 26.3 Å². The van der Waals surface area contributed by atoms with Crippen molar-refractivity contribution in [3.05, 3.63) is 102 Å². The number of hydrogen-bond acceptors (Lipinski definition) is 4. The fourth-order valence-electron chi connectivity index (χ4n) is 2.53. The number of hydrazone groups is 1. The van der Waals surface area contributed by atoms with Crippen LogP contribution in [0.25, 0.3) is 0 Å². The van der Waals surface area contributed by atoms with Gasteiger partial charge in [0.1, 0.15) is 0 Å². The van der Waals surface area contributed by atoms with Gasteiger partial charge in [-0.2, -0.15) is 5.10 Å². The molecule has 0 aromatic heterocycles. The minimum atomic E-state index is -3.39. The number of hydrogen-bond donors (Lipinski definition) is 1. The third kappa shape index (κ3) is 4.68. The van der Waals surface area contributed by atoms with Crippen molar-refractivity contribution in [2.24, 2.45) is 5.10 Å². The highest BCUT2D eigenvalue weighted by Gasteiger charge is 2.12. The number of benzene rings is 3. The smallest absolute Gasteiger partial charge is 0.267 e. The Balaban J connectivity index is 1.92. The van der Waals surface area contributed by atoms with Crippen LogP contribution in [0, 0.1) is 0 Å². The van der Waals surface area contributed by atoms with Crippen LogP contribution in [0.5, 0.6) is 0 Å². The molecule has 0 spiro atoms. The van der Waals surface area contributed by atoms with Gasteiger partial charge < -0.3 is 0 Å². The van der Waals surface area contributed by atoms with E-state index in [1.807, 2.05) is 60.7 Å². The second-order valence-corrected chi connectivity index (χ2v) is 7.95. The van der Waals surface area contributed by atoms with E-state index in [2.05, 4.69) is 10.5 Å². The molecule has 0 saturated carbocycles. The summed E-state index contributed by atoms with van der Waals surface area (Å²) in [5.74, 6) is -0.482. The van der Waals surface area contributed by atoms with Gasteiger partial charge in [0.05, 0.1) is 10.6 Å². The maximum absolute atomic E-state index is 12.5. The van der Waals surface area contributed by atoms with E-state index in [4.69, 9.17) is 0 Å². The van der Waals surface area contributed by atoms with E-state index in [-0.39, 0.29) is 10.5 Å². The Labute approximate surface area is 158 Å². The molecule has 0 aliphatic heterocycles. The molecule has 0 aliphatic rings. The summed E-state index contributed by atoms with van der Waals surface area (Å²) in [7, 11) is -3.39. The predicted octanol–water partition coefficient (Wildman–Crippen LogP) is 3.27. The molecule has 0 saturated heterocycles. The summed E-state index contributed by atoms with van der Waals surface area (Å²) >= 11 is 0. The lowest BCUT2D eigenvalue weighted by Crippen LogP contribution is -2.21. The Morgan fingerprint density at radius 3 is 1.81 bits per heavy atom. The van der Waals surface area contributed by atoms with Gasteiger partial charge in [-0.25, -0.2) is 13.8 Å². The summed E-state index contributed by atoms with van der Waals surface area (Å²) in [5, 5.41) is 4.30. The maximum atomic E-state index is 12.5. The number of rotatable bonds is 5. The maximum Gasteiger partial charge on any atom is 0.271 e. The fourth-order valence-corrected chi connectivity index (χ4v) is 3.19. The standard InChI is InChI=1S/C21H18N2O3S/c1-27(25,26)19-14-8-13-18(15-19)21(24)23-22-20(16-9-4-2-5-10-16)17-11-6-3-7-12-17/h2-15H,1H3,(H,23,24). The Bertz CT molecular complexity index is 1040. The lowest BCUT2D eigenvalue weighted by atomic mass is 10.0. The average molecular weight is 378 g/mol. The highest BCUT2D eigenvalue weighted by Crippen LogP contribution is 2.13. The number of nitrogens with one attached hydrogen (secondary N) is 1. The number of carbonyl (C=O) groups is 1. The Morgan fingerprint density at radius 2 is 1.30 bits per heavy atom. The molecule has 1 amide bonds. The Hall–Kier alpha value is -3.25. The zero-order valence-electron chi connectivity index (χ0n) is 14.7. The minimum Gasteiger partial charge on any atom is -0.267 e. The van der Waals surface area contributed by atoms with Crippen LogP contribution in [0.2, 0.25) is 0 Å². The van der Waals surface area contributed by atoms with Crippen LogP contribution in [0.3, 0.4) is 0 Å². The number of sulfone groups is 1. The van der Waals surface area contributed by atoms with Gasteiger partial charge in [-0.3, -0.25) is 4.79 Å². The summed E-state index contributed by atoms with van der Waals surface area (Å²) in [5.41, 5.74) is 5.08. The molecule has 3 aromatic carbocycles. The topological polar surface area (TPSA) is 75.6 Å². The molecule has 0 atom stereocenters. The summed E-state index contributed by atoms with van der Waals surface area (Å²) in [6, 6.07) is 24.9. The third-order valence-electron chi connectivity index (χ3n) is 3.89. The number of nitrogens with zero attached hydrogens (tertiary/aromatic N) is 1. The minimum absolute atomic E-state index is 0.0884. The largest absolute Gasteiger partial charge is 0.271 e. The molecule has 27 heavy (non-hydrogen) atoms. The lowest BCUT2D eigenvalue weighted by Gasteiger charge is -2.08. The molecule has 0 aliphatic carbocycles. The van der Waals surface area contributed by atoms with Crippen molar-refractivity contribution in [1.82, 2.24) is 5.43 Å². The molecule has 5 nitrogen and oxygen atoms in total. The number of carbonyl (C=O) groups excluding carboxylic acids is 1. The lowest BCUT2D eigenvalue weighted by molar-refractivity contribution is 0.0954. The summed E-state index contributed by atoms with van der Waals surface area (Å²) in [4.78, 5) is 12.6. The van der Waals surface area contributed by atoms with E-state index in [1.165, 1.54) is 18.2 Å². The molecule has 0 heterocycles. The summed E-state index contributed by atoms with van der Waals surface area (Å²) < 4.78 is 23.4. The SMILES string of the molecule is CS(=O)(=O)c1cccc(C(=O)NN=C(c2ccccc2)c2ccccc2)c1. The predicted molar refractivity (Wildman–Crippen MR) is 106 cm³/mol. The highest BCUT2D eigenvalue weighted by atomic mass is 32.2. The Morgan fingerprint density at radius 1 is 0.778 bits per heavy atom. The monoisotopic (exact) mass is 378 g/mol. The third-order valence-corrected chi connectivity index (χ3v) is 5.00. The molecule has 136 valence electrons. The van der Waals surface area contributed by atoms with Crippen molar-refractivity contribution < 1.29 is 13.2 Å². The van der Waals surface area contributed by atoms with Crippen LogP contribution < -0.4 is 5.43 Å². The first-order valence-corrected chi connectivity index (χ1v) is 10.1. The van der Waals surface area contributed by atoms with Gasteiger partial charge in [0.15, 0.2) is 9.84 Å². The fraction of sp³-hybridized carbons (Fsp3) is 0.0476. The molecule has 3 rings (SSSR count). The Kier molecular flexibility index (Phi) is 5.47. The van der Waals surface area contributed by atoms with Crippen LogP contribution in [-0.2, 0) is 9.84 Å². The van der Waals surface area contributed by atoms with Gasteiger partial charge >= 0.3 is 0 Å². The van der Waals surface area contributed by atoms with E-state index in [0.717, 1.165) is 17.4 Å². The normalized spacial score (nSPS) is 10.9. The quantitative estimate of drug-likeness (QED) is 0.547. The van der Waals surface area contributed by atoms with Crippen molar-refractivity contribution in [1.29, 1.82) is 0 Å². The van der Waals surface area contributed by atoms with Crippen molar-refractivity contribution >= 4 is 21.5 Å². The van der Waals surface area contributed by atoms with Gasteiger partial charge in [0.25, 0.3) is 5.91 Å². The van der Waals surface area contributed by atoms with E-state index < -0.39 is 15.7 Å². The van der Waals surface area contributed by atoms with Crippen molar-refractivity contribution in [3.63, 3.8) is 0 Å². The van der Waals surface area contributed by atoms with Crippen LogP contribution >= 0.6 is 0 Å². The molecule has 0 radical (unpaired) electrons. The second kappa shape index (κ2) is 7.97. The van der Waals surface area contributed by atoms with Gasteiger partial charge in [-0.1, -0.05) is 66.7 Å².